The Labute approximate surface area is 112 Å². The van der Waals surface area contributed by atoms with Gasteiger partial charge in [-0.05, 0) is 18.6 Å². The number of thiocarbonyl (C=S) groups is 1. The Kier molecular flexibility index (Phi) is 2.88. The van der Waals surface area contributed by atoms with Gasteiger partial charge in [0.05, 0.1) is 0 Å². The Balaban J connectivity index is 1.98. The third kappa shape index (κ3) is 1.87. The predicted molar refractivity (Wildman–Crippen MR) is 64.7 cm³/mol. The van der Waals surface area contributed by atoms with Gasteiger partial charge in [-0.1, -0.05) is 0 Å². The van der Waals surface area contributed by atoms with E-state index in [1.54, 1.807) is 0 Å². The highest BCUT2D eigenvalue weighted by Crippen LogP contribution is 2.37. The molecule has 0 aromatic heterocycles. The Morgan fingerprint density at radius 2 is 1.79 bits per heavy atom. The molecule has 0 amide bonds. The molecule has 2 nitrogen and oxygen atoms in total. The third-order valence-electron chi connectivity index (χ3n) is 3.72. The molecule has 1 aromatic rings. The summed E-state index contributed by atoms with van der Waals surface area (Å²) in [4.78, 5) is 1.81. The molecule has 2 atom stereocenters. The maximum atomic E-state index is 13.7. The van der Waals surface area contributed by atoms with Crippen molar-refractivity contribution in [2.75, 3.05) is 13.1 Å². The Bertz CT molecular complexity index is 537. The summed E-state index contributed by atoms with van der Waals surface area (Å²) >= 11 is 5.06. The number of fused-ring (bicyclic) bond motifs is 1. The second-order valence-electron chi connectivity index (χ2n) is 4.81. The molecular formula is C12H10F4N2S. The lowest BCUT2D eigenvalue weighted by molar-refractivity contribution is 0.422. The van der Waals surface area contributed by atoms with Crippen LogP contribution in [-0.4, -0.2) is 29.1 Å². The van der Waals surface area contributed by atoms with Crippen molar-refractivity contribution in [2.45, 2.75) is 18.4 Å². The lowest BCUT2D eigenvalue weighted by Crippen LogP contribution is -2.29. The zero-order valence-electron chi connectivity index (χ0n) is 9.72. The van der Waals surface area contributed by atoms with Crippen LogP contribution in [0, 0.1) is 23.3 Å². The number of hydrogen-bond acceptors (Lipinski definition) is 1. The van der Waals surface area contributed by atoms with E-state index < -0.39 is 34.8 Å². The highest BCUT2D eigenvalue weighted by atomic mass is 32.1. The molecule has 2 aliphatic heterocycles. The Hall–Kier alpha value is -1.37. The number of nitrogens with one attached hydrogen (secondary N) is 1. The lowest BCUT2D eigenvalue weighted by atomic mass is 9.94. The van der Waals surface area contributed by atoms with Gasteiger partial charge >= 0.3 is 0 Å². The van der Waals surface area contributed by atoms with Gasteiger partial charge in [-0.3, -0.25) is 0 Å². The monoisotopic (exact) mass is 290 g/mol. The van der Waals surface area contributed by atoms with E-state index >= 15 is 0 Å². The molecule has 0 radical (unpaired) electrons. The van der Waals surface area contributed by atoms with Crippen LogP contribution in [0.15, 0.2) is 6.07 Å². The fraction of sp³-hybridized carbons (Fsp3) is 0.417. The lowest BCUT2D eigenvalue weighted by Gasteiger charge is -2.16. The maximum absolute atomic E-state index is 13.7. The largest absolute Gasteiger partial charge is 0.360 e. The van der Waals surface area contributed by atoms with Gasteiger partial charge in [0, 0.05) is 36.7 Å². The van der Waals surface area contributed by atoms with E-state index in [0.29, 0.717) is 18.1 Å². The highest BCUT2D eigenvalue weighted by molar-refractivity contribution is 7.80. The van der Waals surface area contributed by atoms with E-state index in [-0.39, 0.29) is 18.7 Å². The summed E-state index contributed by atoms with van der Waals surface area (Å²) in [6, 6.07) is 0.263. The number of benzene rings is 1. The van der Waals surface area contributed by atoms with Crippen LogP contribution in [0.4, 0.5) is 17.6 Å². The average molecular weight is 290 g/mol. The average Bonchev–Trinajstić information content (AvgIpc) is 2.90. The molecule has 2 heterocycles. The van der Waals surface area contributed by atoms with Gasteiger partial charge in [-0.15, -0.1) is 0 Å². The minimum absolute atomic E-state index is 0.0302. The van der Waals surface area contributed by atoms with Crippen LogP contribution in [-0.2, 0) is 0 Å². The zero-order valence-corrected chi connectivity index (χ0v) is 10.5. The summed E-state index contributed by atoms with van der Waals surface area (Å²) in [5.74, 6) is -5.91. The van der Waals surface area contributed by atoms with Gasteiger partial charge in [-0.2, -0.15) is 0 Å². The van der Waals surface area contributed by atoms with Gasteiger partial charge in [-0.25, -0.2) is 17.6 Å². The number of rotatable bonds is 1. The van der Waals surface area contributed by atoms with E-state index in [4.69, 9.17) is 12.2 Å². The number of nitrogens with zero attached hydrogens (tertiary/aromatic N) is 1. The van der Waals surface area contributed by atoms with Crippen LogP contribution < -0.4 is 5.32 Å². The molecule has 7 heteroatoms. The smallest absolute Gasteiger partial charge is 0.169 e. The molecule has 2 aliphatic rings. The number of hydrogen-bond donors (Lipinski definition) is 1. The van der Waals surface area contributed by atoms with Crippen molar-refractivity contribution in [2.24, 2.45) is 0 Å². The van der Waals surface area contributed by atoms with Crippen LogP contribution in [0.3, 0.4) is 0 Å². The van der Waals surface area contributed by atoms with Crippen molar-refractivity contribution in [3.05, 3.63) is 34.9 Å². The molecule has 2 fully saturated rings. The van der Waals surface area contributed by atoms with Crippen molar-refractivity contribution >= 4 is 17.3 Å². The Morgan fingerprint density at radius 1 is 1.16 bits per heavy atom. The predicted octanol–water partition coefficient (Wildman–Crippen LogP) is 2.29. The van der Waals surface area contributed by atoms with E-state index in [9.17, 15) is 17.6 Å². The van der Waals surface area contributed by atoms with Crippen LogP contribution in [0.5, 0.6) is 0 Å². The van der Waals surface area contributed by atoms with Crippen LogP contribution in [0.25, 0.3) is 0 Å². The molecule has 1 aromatic carbocycles. The van der Waals surface area contributed by atoms with E-state index in [0.717, 1.165) is 0 Å². The first-order chi connectivity index (χ1) is 8.99. The molecule has 2 saturated heterocycles. The standard InChI is InChI=1S/C12H10F4N2S/c13-7-2-8(14)11(16)9(10(7)15)5-1-6-3-17-12(19)18(6)4-5/h2,5-6H,1,3-4H2,(H,17,19). The van der Waals surface area contributed by atoms with Gasteiger partial charge in [0.1, 0.15) is 0 Å². The first-order valence-corrected chi connectivity index (χ1v) is 6.27. The summed E-state index contributed by atoms with van der Waals surface area (Å²) in [6.07, 6.45) is 0.421. The summed E-state index contributed by atoms with van der Waals surface area (Å²) in [6.45, 7) is 0.865. The zero-order chi connectivity index (χ0) is 13.7. The molecule has 0 saturated carbocycles. The van der Waals surface area contributed by atoms with Crippen molar-refractivity contribution in [1.82, 2.24) is 10.2 Å². The Morgan fingerprint density at radius 3 is 2.37 bits per heavy atom. The summed E-state index contributed by atoms with van der Waals surface area (Å²) in [7, 11) is 0. The maximum Gasteiger partial charge on any atom is 0.169 e. The van der Waals surface area contributed by atoms with Gasteiger partial charge in [0.25, 0.3) is 0 Å². The normalized spacial score (nSPS) is 25.7. The van der Waals surface area contributed by atoms with E-state index in [1.165, 1.54) is 0 Å². The molecule has 3 rings (SSSR count). The third-order valence-corrected chi connectivity index (χ3v) is 4.10. The SMILES string of the molecule is Fc1cc(F)c(F)c(C2CC3CNC(=S)N3C2)c1F. The molecule has 0 spiro atoms. The minimum Gasteiger partial charge on any atom is -0.360 e. The molecule has 0 bridgehead atoms. The topological polar surface area (TPSA) is 15.3 Å². The van der Waals surface area contributed by atoms with Gasteiger partial charge in [0.15, 0.2) is 28.4 Å². The number of halogens is 4. The fourth-order valence-electron chi connectivity index (χ4n) is 2.82. The van der Waals surface area contributed by atoms with E-state index in [2.05, 4.69) is 5.32 Å². The van der Waals surface area contributed by atoms with Crippen molar-refractivity contribution < 1.29 is 17.6 Å². The van der Waals surface area contributed by atoms with Crippen LogP contribution in [0.2, 0.25) is 0 Å². The van der Waals surface area contributed by atoms with Crippen molar-refractivity contribution in [1.29, 1.82) is 0 Å². The first-order valence-electron chi connectivity index (χ1n) is 5.86. The molecule has 19 heavy (non-hydrogen) atoms. The highest BCUT2D eigenvalue weighted by Gasteiger charge is 2.41. The van der Waals surface area contributed by atoms with Crippen molar-refractivity contribution in [3.8, 4) is 0 Å². The second-order valence-corrected chi connectivity index (χ2v) is 5.19. The van der Waals surface area contributed by atoms with Gasteiger partial charge in [0.2, 0.25) is 0 Å². The molecule has 2 unspecified atom stereocenters. The summed E-state index contributed by atoms with van der Waals surface area (Å²) in [5.41, 5.74) is -0.505. The summed E-state index contributed by atoms with van der Waals surface area (Å²) in [5, 5.41) is 3.49. The van der Waals surface area contributed by atoms with Gasteiger partial charge < -0.3 is 10.2 Å². The molecular weight excluding hydrogens is 280 g/mol. The van der Waals surface area contributed by atoms with Crippen molar-refractivity contribution in [3.63, 3.8) is 0 Å². The van der Waals surface area contributed by atoms with Crippen LogP contribution in [0.1, 0.15) is 17.9 Å². The fourth-order valence-corrected chi connectivity index (χ4v) is 3.13. The van der Waals surface area contributed by atoms with Crippen LogP contribution >= 0.6 is 12.2 Å². The molecule has 0 aliphatic carbocycles. The molecule has 102 valence electrons. The minimum atomic E-state index is -1.36. The second kappa shape index (κ2) is 4.33. The summed E-state index contributed by atoms with van der Waals surface area (Å²) < 4.78 is 53.9. The first kappa shape index (κ1) is 12.7. The quantitative estimate of drug-likeness (QED) is 0.485. The van der Waals surface area contributed by atoms with E-state index in [1.807, 2.05) is 4.90 Å². The molecule has 1 N–H and O–H groups in total.